The third-order valence-electron chi connectivity index (χ3n) is 4.10. The van der Waals surface area contributed by atoms with Crippen molar-refractivity contribution < 1.29 is 4.74 Å². The van der Waals surface area contributed by atoms with Crippen LogP contribution in [0, 0.1) is 0 Å². The van der Waals surface area contributed by atoms with Gasteiger partial charge >= 0.3 is 0 Å². The van der Waals surface area contributed by atoms with Gasteiger partial charge in [0, 0.05) is 38.9 Å². The zero-order chi connectivity index (χ0) is 17.0. The van der Waals surface area contributed by atoms with Crippen LogP contribution in [0.25, 0.3) is 0 Å². The van der Waals surface area contributed by atoms with E-state index >= 15 is 0 Å². The molecular weight excluding hydrogens is 298 g/mol. The highest BCUT2D eigenvalue weighted by Crippen LogP contribution is 2.20. The molecular formula is C20H27N3O. The van der Waals surface area contributed by atoms with Crippen molar-refractivity contribution in [2.75, 3.05) is 31.1 Å². The molecule has 1 aliphatic heterocycles. The number of pyridine rings is 1. The standard InChI is InChI=1S/C20H27N3O/c1-20(2,3)24-18-9-7-17(8-10-18)16-22-12-14-23(15-13-22)19-6-4-5-11-21-19/h4-11H,12-16H2,1-3H3. The van der Waals surface area contributed by atoms with Crippen molar-refractivity contribution in [3.63, 3.8) is 0 Å². The van der Waals surface area contributed by atoms with Gasteiger partial charge in [-0.25, -0.2) is 4.98 Å². The van der Waals surface area contributed by atoms with Crippen LogP contribution < -0.4 is 9.64 Å². The van der Waals surface area contributed by atoms with Gasteiger partial charge in [0.1, 0.15) is 17.2 Å². The summed E-state index contributed by atoms with van der Waals surface area (Å²) < 4.78 is 5.88. The molecule has 1 aliphatic rings. The highest BCUT2D eigenvalue weighted by molar-refractivity contribution is 5.38. The zero-order valence-corrected chi connectivity index (χ0v) is 14.9. The summed E-state index contributed by atoms with van der Waals surface area (Å²) >= 11 is 0. The Labute approximate surface area is 145 Å². The predicted molar refractivity (Wildman–Crippen MR) is 98.6 cm³/mol. The van der Waals surface area contributed by atoms with E-state index in [1.165, 1.54) is 5.56 Å². The fourth-order valence-electron chi connectivity index (χ4n) is 2.95. The summed E-state index contributed by atoms with van der Waals surface area (Å²) in [6.45, 7) is 11.4. The number of anilines is 1. The number of hydrogen-bond donors (Lipinski definition) is 0. The Morgan fingerprint density at radius 2 is 1.67 bits per heavy atom. The lowest BCUT2D eigenvalue weighted by molar-refractivity contribution is 0.131. The number of hydrogen-bond acceptors (Lipinski definition) is 4. The molecule has 2 aromatic rings. The maximum atomic E-state index is 5.88. The van der Waals surface area contributed by atoms with E-state index in [4.69, 9.17) is 4.74 Å². The van der Waals surface area contributed by atoms with Crippen molar-refractivity contribution in [3.8, 4) is 5.75 Å². The average Bonchev–Trinajstić information content (AvgIpc) is 2.57. The summed E-state index contributed by atoms with van der Waals surface area (Å²) in [4.78, 5) is 9.30. The first kappa shape index (κ1) is 16.8. The van der Waals surface area contributed by atoms with Crippen LogP contribution >= 0.6 is 0 Å². The van der Waals surface area contributed by atoms with E-state index in [0.717, 1.165) is 44.3 Å². The lowest BCUT2D eigenvalue weighted by Gasteiger charge is -2.35. The van der Waals surface area contributed by atoms with E-state index in [1.807, 2.05) is 12.3 Å². The molecule has 1 aromatic carbocycles. The fourth-order valence-corrected chi connectivity index (χ4v) is 2.95. The van der Waals surface area contributed by atoms with E-state index in [2.05, 4.69) is 72.0 Å². The second kappa shape index (κ2) is 7.22. The Kier molecular flexibility index (Phi) is 5.05. The summed E-state index contributed by atoms with van der Waals surface area (Å²) in [6, 6.07) is 14.6. The van der Waals surface area contributed by atoms with Crippen LogP contribution in [0.15, 0.2) is 48.7 Å². The number of piperazine rings is 1. The minimum absolute atomic E-state index is 0.149. The number of nitrogens with zero attached hydrogens (tertiary/aromatic N) is 3. The van der Waals surface area contributed by atoms with E-state index in [0.29, 0.717) is 0 Å². The first-order valence-corrected chi connectivity index (χ1v) is 8.66. The monoisotopic (exact) mass is 325 g/mol. The molecule has 3 rings (SSSR count). The van der Waals surface area contributed by atoms with E-state index < -0.39 is 0 Å². The van der Waals surface area contributed by atoms with Crippen LogP contribution in [-0.2, 0) is 6.54 Å². The lowest BCUT2D eigenvalue weighted by atomic mass is 10.1. The molecule has 1 aromatic heterocycles. The van der Waals surface area contributed by atoms with Crippen molar-refractivity contribution in [1.82, 2.24) is 9.88 Å². The number of ether oxygens (including phenoxy) is 1. The third kappa shape index (κ3) is 4.71. The molecule has 0 saturated carbocycles. The first-order chi connectivity index (χ1) is 11.5. The molecule has 4 nitrogen and oxygen atoms in total. The van der Waals surface area contributed by atoms with Crippen molar-refractivity contribution in [1.29, 1.82) is 0 Å². The molecule has 0 spiro atoms. The van der Waals surface area contributed by atoms with Gasteiger partial charge in [-0.05, 0) is 50.6 Å². The van der Waals surface area contributed by atoms with Gasteiger partial charge < -0.3 is 9.64 Å². The molecule has 0 atom stereocenters. The predicted octanol–water partition coefficient (Wildman–Crippen LogP) is 3.58. The Morgan fingerprint density at radius 1 is 0.958 bits per heavy atom. The molecule has 2 heterocycles. The summed E-state index contributed by atoms with van der Waals surface area (Å²) in [5, 5.41) is 0. The highest BCUT2D eigenvalue weighted by Gasteiger charge is 2.18. The van der Waals surface area contributed by atoms with E-state index in [-0.39, 0.29) is 5.60 Å². The van der Waals surface area contributed by atoms with Gasteiger partial charge in [-0.1, -0.05) is 18.2 Å². The maximum Gasteiger partial charge on any atom is 0.128 e. The van der Waals surface area contributed by atoms with Crippen LogP contribution in [0.1, 0.15) is 26.3 Å². The number of benzene rings is 1. The summed E-state index contributed by atoms with van der Waals surface area (Å²) in [5.41, 5.74) is 1.19. The largest absolute Gasteiger partial charge is 0.488 e. The van der Waals surface area contributed by atoms with Crippen LogP contribution in [-0.4, -0.2) is 41.7 Å². The number of rotatable bonds is 4. The summed E-state index contributed by atoms with van der Waals surface area (Å²) in [6.07, 6.45) is 1.86. The SMILES string of the molecule is CC(C)(C)Oc1ccc(CN2CCN(c3ccccn3)CC2)cc1. The van der Waals surface area contributed by atoms with Gasteiger partial charge in [-0.3, -0.25) is 4.90 Å². The summed E-state index contributed by atoms with van der Waals surface area (Å²) in [5.74, 6) is 2.02. The topological polar surface area (TPSA) is 28.6 Å². The molecule has 24 heavy (non-hydrogen) atoms. The van der Waals surface area contributed by atoms with Gasteiger partial charge in [0.15, 0.2) is 0 Å². The first-order valence-electron chi connectivity index (χ1n) is 8.66. The van der Waals surface area contributed by atoms with Gasteiger partial charge in [0.05, 0.1) is 0 Å². The van der Waals surface area contributed by atoms with E-state index in [9.17, 15) is 0 Å². The van der Waals surface area contributed by atoms with Gasteiger partial charge in [-0.15, -0.1) is 0 Å². The molecule has 0 bridgehead atoms. The van der Waals surface area contributed by atoms with Crippen LogP contribution in [0.4, 0.5) is 5.82 Å². The van der Waals surface area contributed by atoms with E-state index in [1.54, 1.807) is 0 Å². The minimum atomic E-state index is -0.149. The molecule has 0 amide bonds. The normalized spacial score (nSPS) is 16.2. The van der Waals surface area contributed by atoms with Crippen molar-refractivity contribution in [2.24, 2.45) is 0 Å². The Balaban J connectivity index is 1.51. The van der Waals surface area contributed by atoms with Crippen molar-refractivity contribution in [2.45, 2.75) is 32.9 Å². The molecule has 0 radical (unpaired) electrons. The Morgan fingerprint density at radius 3 is 2.25 bits per heavy atom. The number of aromatic nitrogens is 1. The fraction of sp³-hybridized carbons (Fsp3) is 0.450. The van der Waals surface area contributed by atoms with Crippen molar-refractivity contribution >= 4 is 5.82 Å². The van der Waals surface area contributed by atoms with Crippen LogP contribution in [0.2, 0.25) is 0 Å². The van der Waals surface area contributed by atoms with Crippen LogP contribution in [0.3, 0.4) is 0 Å². The zero-order valence-electron chi connectivity index (χ0n) is 14.9. The molecule has 1 saturated heterocycles. The minimum Gasteiger partial charge on any atom is -0.488 e. The quantitative estimate of drug-likeness (QED) is 0.859. The second-order valence-electron chi connectivity index (χ2n) is 7.31. The summed E-state index contributed by atoms with van der Waals surface area (Å²) in [7, 11) is 0. The highest BCUT2D eigenvalue weighted by atomic mass is 16.5. The second-order valence-corrected chi connectivity index (χ2v) is 7.31. The lowest BCUT2D eigenvalue weighted by Crippen LogP contribution is -2.46. The maximum absolute atomic E-state index is 5.88. The third-order valence-corrected chi connectivity index (χ3v) is 4.10. The van der Waals surface area contributed by atoms with Gasteiger partial charge in [-0.2, -0.15) is 0 Å². The molecule has 4 heteroatoms. The van der Waals surface area contributed by atoms with Gasteiger partial charge in [0.25, 0.3) is 0 Å². The molecule has 1 fully saturated rings. The Bertz CT molecular complexity index is 626. The molecule has 128 valence electrons. The average molecular weight is 325 g/mol. The molecule has 0 aliphatic carbocycles. The molecule has 0 N–H and O–H groups in total. The van der Waals surface area contributed by atoms with Crippen LogP contribution in [0.5, 0.6) is 5.75 Å². The van der Waals surface area contributed by atoms with Crippen molar-refractivity contribution in [3.05, 3.63) is 54.2 Å². The smallest absolute Gasteiger partial charge is 0.128 e. The Hall–Kier alpha value is -2.07. The van der Waals surface area contributed by atoms with Gasteiger partial charge in [0.2, 0.25) is 0 Å². The molecule has 0 unspecified atom stereocenters.